The normalized spacial score (nSPS) is 23.4. The Balaban J connectivity index is 0.00000337. The van der Waals surface area contributed by atoms with Crippen molar-refractivity contribution in [2.24, 2.45) is 0 Å². The van der Waals surface area contributed by atoms with Crippen LogP contribution in [0.15, 0.2) is 96.2 Å². The summed E-state index contributed by atoms with van der Waals surface area (Å²) in [4.78, 5) is 4.66. The monoisotopic (exact) mass is 635 g/mol. The summed E-state index contributed by atoms with van der Waals surface area (Å²) in [5.74, 6) is 0.804. The number of sulfone groups is 1. The lowest BCUT2D eigenvalue weighted by molar-refractivity contribution is 0.306. The summed E-state index contributed by atoms with van der Waals surface area (Å²) in [6.07, 6.45) is 7.76. The van der Waals surface area contributed by atoms with Gasteiger partial charge in [0.1, 0.15) is 5.75 Å². The molecule has 2 fully saturated rings. The van der Waals surface area contributed by atoms with E-state index >= 15 is 0 Å². The third-order valence-electron chi connectivity index (χ3n) is 8.48. The summed E-state index contributed by atoms with van der Waals surface area (Å²) >= 11 is 0. The Hall–Kier alpha value is -2.78. The van der Waals surface area contributed by atoms with E-state index < -0.39 is 15.1 Å². The number of benzene rings is 3. The van der Waals surface area contributed by atoms with Crippen LogP contribution in [0.25, 0.3) is 10.8 Å². The molecule has 0 saturated carbocycles. The van der Waals surface area contributed by atoms with Crippen molar-refractivity contribution in [1.29, 1.82) is 0 Å². The lowest BCUT2D eigenvalue weighted by Crippen LogP contribution is -2.52. The molecule has 3 heterocycles. The van der Waals surface area contributed by atoms with Crippen molar-refractivity contribution < 1.29 is 13.2 Å². The van der Waals surface area contributed by atoms with Crippen molar-refractivity contribution in [3.63, 3.8) is 0 Å². The van der Waals surface area contributed by atoms with Crippen LogP contribution in [-0.4, -0.2) is 43.4 Å². The lowest BCUT2D eigenvalue weighted by atomic mass is 9.81. The van der Waals surface area contributed by atoms with Gasteiger partial charge < -0.3 is 15.4 Å². The number of unbranched alkanes of at least 4 members (excludes halogenated alkanes) is 2. The van der Waals surface area contributed by atoms with Crippen molar-refractivity contribution in [3.8, 4) is 5.75 Å². The number of halogens is 1. The standard InChI is InChI=1S/C33H37N3O3S.BrH/c1-2-3-6-18-39-27-13-15-28(16-14-27)40(37,38)33-31-29(26-10-7-17-34-22-26)20-30(36-31)32(33)35-21-23-11-12-24-8-4-5-9-25(24)19-23;/h4-5,7-17,19,22,29-33,35-36H,2-3,6,18,20-21H2,1H3;1H/t29-,30-,31+,32-,33-;/m1./s1. The molecule has 6 nitrogen and oxygen atoms in total. The van der Waals surface area contributed by atoms with Crippen molar-refractivity contribution in [2.45, 2.75) is 73.3 Å². The van der Waals surface area contributed by atoms with Crippen molar-refractivity contribution in [1.82, 2.24) is 15.6 Å². The van der Waals surface area contributed by atoms with Crippen LogP contribution in [0, 0.1) is 0 Å². The zero-order valence-electron chi connectivity index (χ0n) is 23.3. The second-order valence-electron chi connectivity index (χ2n) is 11.1. The fourth-order valence-electron chi connectivity index (χ4n) is 6.47. The summed E-state index contributed by atoms with van der Waals surface area (Å²) in [7, 11) is -3.65. The number of nitrogens with one attached hydrogen (secondary N) is 2. The van der Waals surface area contributed by atoms with Gasteiger partial charge in [-0.25, -0.2) is 8.42 Å². The predicted octanol–water partition coefficient (Wildman–Crippen LogP) is 6.21. The molecule has 1 aromatic heterocycles. The van der Waals surface area contributed by atoms with Gasteiger partial charge in [-0.15, -0.1) is 17.0 Å². The van der Waals surface area contributed by atoms with Crippen molar-refractivity contribution in [3.05, 3.63) is 102 Å². The van der Waals surface area contributed by atoms with Crippen molar-refractivity contribution in [2.75, 3.05) is 6.61 Å². The molecule has 0 spiro atoms. The first-order valence-corrected chi connectivity index (χ1v) is 15.9. The maximum Gasteiger partial charge on any atom is 0.184 e. The van der Waals surface area contributed by atoms with Crippen LogP contribution in [0.3, 0.4) is 0 Å². The van der Waals surface area contributed by atoms with E-state index in [9.17, 15) is 8.42 Å². The Morgan fingerprint density at radius 1 is 0.976 bits per heavy atom. The molecule has 2 saturated heterocycles. The molecule has 3 aromatic carbocycles. The first-order valence-electron chi connectivity index (χ1n) is 14.4. The van der Waals surface area contributed by atoms with E-state index in [0.29, 0.717) is 23.8 Å². The minimum Gasteiger partial charge on any atom is -0.494 e. The van der Waals surface area contributed by atoms with Gasteiger partial charge in [0.05, 0.1) is 16.8 Å². The molecule has 4 aromatic rings. The molecule has 8 heteroatoms. The van der Waals surface area contributed by atoms with Gasteiger partial charge in [0.2, 0.25) is 0 Å². The third-order valence-corrected chi connectivity index (χ3v) is 10.7. The highest BCUT2D eigenvalue weighted by molar-refractivity contribution is 8.93. The second-order valence-corrected chi connectivity index (χ2v) is 13.2. The number of fused-ring (bicyclic) bond motifs is 3. The van der Waals surface area contributed by atoms with Crippen LogP contribution >= 0.6 is 17.0 Å². The maximum absolute atomic E-state index is 14.3. The average molecular weight is 637 g/mol. The molecule has 2 N–H and O–H groups in total. The van der Waals surface area contributed by atoms with Crippen LogP contribution < -0.4 is 15.4 Å². The number of pyridine rings is 1. The Morgan fingerprint density at radius 3 is 2.54 bits per heavy atom. The van der Waals surface area contributed by atoms with E-state index in [-0.39, 0.29) is 41.0 Å². The molecule has 41 heavy (non-hydrogen) atoms. The number of hydrogen-bond acceptors (Lipinski definition) is 6. The smallest absolute Gasteiger partial charge is 0.184 e. The number of aromatic nitrogens is 1. The average Bonchev–Trinajstić information content (AvgIpc) is 3.58. The Morgan fingerprint density at radius 2 is 1.78 bits per heavy atom. The summed E-state index contributed by atoms with van der Waals surface area (Å²) in [6.45, 7) is 3.41. The largest absolute Gasteiger partial charge is 0.494 e. The highest BCUT2D eigenvalue weighted by atomic mass is 79.9. The fourth-order valence-corrected chi connectivity index (χ4v) is 8.63. The zero-order valence-corrected chi connectivity index (χ0v) is 25.8. The Labute approximate surface area is 253 Å². The molecule has 2 aliphatic heterocycles. The number of ether oxygens (including phenoxy) is 1. The van der Waals surface area contributed by atoms with E-state index in [1.165, 1.54) is 10.8 Å². The summed E-state index contributed by atoms with van der Waals surface area (Å²) < 4.78 is 34.4. The van der Waals surface area contributed by atoms with E-state index in [1.807, 2.05) is 24.4 Å². The number of hydrogen-bond donors (Lipinski definition) is 2. The van der Waals surface area contributed by atoms with Crippen molar-refractivity contribution >= 4 is 37.6 Å². The Kier molecular flexibility index (Phi) is 9.44. The highest BCUT2D eigenvalue weighted by Crippen LogP contribution is 2.44. The Bertz CT molecular complexity index is 1550. The molecule has 2 aliphatic rings. The van der Waals surface area contributed by atoms with Gasteiger partial charge in [0, 0.05) is 43.0 Å². The van der Waals surface area contributed by atoms with Crippen LogP contribution in [0.4, 0.5) is 0 Å². The molecule has 5 atom stereocenters. The topological polar surface area (TPSA) is 80.3 Å². The maximum atomic E-state index is 14.3. The van der Waals surface area contributed by atoms with Crippen LogP contribution in [0.5, 0.6) is 5.75 Å². The molecule has 2 bridgehead atoms. The van der Waals surface area contributed by atoms with Gasteiger partial charge in [-0.1, -0.05) is 62.2 Å². The molecule has 0 aliphatic carbocycles. The first-order chi connectivity index (χ1) is 19.5. The second kappa shape index (κ2) is 13.0. The summed E-state index contributed by atoms with van der Waals surface area (Å²) in [5.41, 5.74) is 2.23. The van der Waals surface area contributed by atoms with Gasteiger partial charge in [0.15, 0.2) is 9.84 Å². The number of rotatable bonds is 11. The van der Waals surface area contributed by atoms with E-state index in [0.717, 1.165) is 36.8 Å². The molecular formula is C33H38BrN3O3S. The van der Waals surface area contributed by atoms with Gasteiger partial charge in [-0.3, -0.25) is 4.98 Å². The summed E-state index contributed by atoms with van der Waals surface area (Å²) in [5, 5.41) is 9.12. The zero-order chi connectivity index (χ0) is 27.5. The molecule has 0 radical (unpaired) electrons. The first kappa shape index (κ1) is 29.7. The van der Waals surface area contributed by atoms with Crippen LogP contribution in [-0.2, 0) is 16.4 Å². The SMILES string of the molecule is Br.CCCCCOc1ccc(S(=O)(=O)[C@@H]2[C@H]3N[C@H](C[C@@H]3c3cccnc3)[C@H]2NCc2ccc3ccccc3c2)cc1. The quantitative estimate of drug-likeness (QED) is 0.191. The van der Waals surface area contributed by atoms with E-state index in [4.69, 9.17) is 4.74 Å². The predicted molar refractivity (Wildman–Crippen MR) is 170 cm³/mol. The van der Waals surface area contributed by atoms with Gasteiger partial charge in [-0.05, 0) is 71.1 Å². The van der Waals surface area contributed by atoms with E-state index in [1.54, 1.807) is 30.5 Å². The fraction of sp³-hybridized carbons (Fsp3) is 0.364. The molecule has 0 unspecified atom stereocenters. The summed E-state index contributed by atoms with van der Waals surface area (Å²) in [6, 6.07) is 25.4. The molecule has 0 amide bonds. The van der Waals surface area contributed by atoms with E-state index in [2.05, 4.69) is 58.9 Å². The molecule has 6 rings (SSSR count). The number of nitrogens with zero attached hydrogens (tertiary/aromatic N) is 1. The minimum absolute atomic E-state index is 0. The highest BCUT2D eigenvalue weighted by Gasteiger charge is 2.57. The lowest BCUT2D eigenvalue weighted by Gasteiger charge is -2.34. The van der Waals surface area contributed by atoms with Gasteiger partial charge in [-0.2, -0.15) is 0 Å². The minimum atomic E-state index is -3.65. The van der Waals surface area contributed by atoms with Crippen LogP contribution in [0.2, 0.25) is 0 Å². The third kappa shape index (κ3) is 6.21. The molecular weight excluding hydrogens is 598 g/mol. The molecule has 216 valence electrons. The van der Waals surface area contributed by atoms with Crippen LogP contribution in [0.1, 0.15) is 49.7 Å². The van der Waals surface area contributed by atoms with Gasteiger partial charge >= 0.3 is 0 Å². The van der Waals surface area contributed by atoms with Gasteiger partial charge in [0.25, 0.3) is 0 Å².